The highest BCUT2D eigenvalue weighted by Gasteiger charge is 2.23. The minimum absolute atomic E-state index is 0.221. The molecule has 1 atom stereocenters. The Morgan fingerprint density at radius 1 is 1.12 bits per heavy atom. The summed E-state index contributed by atoms with van der Waals surface area (Å²) in [4.78, 5) is 9.41. The van der Waals surface area contributed by atoms with Crippen LogP contribution >= 0.6 is 0 Å². The molecule has 25 heavy (non-hydrogen) atoms. The number of morpholine rings is 1. The second-order valence-electron chi connectivity index (χ2n) is 6.68. The summed E-state index contributed by atoms with van der Waals surface area (Å²) in [6.45, 7) is 6.14. The second kappa shape index (κ2) is 9.06. The Morgan fingerprint density at radius 2 is 1.80 bits per heavy atom. The van der Waals surface area contributed by atoms with E-state index in [1.165, 1.54) is 24.8 Å². The van der Waals surface area contributed by atoms with Crippen molar-refractivity contribution in [2.24, 2.45) is 10.7 Å². The number of hydrogen-bond donors (Lipinski definition) is 1. The van der Waals surface area contributed by atoms with Crippen molar-refractivity contribution in [1.82, 2.24) is 9.80 Å². The molecule has 0 bridgehead atoms. The Kier molecular flexibility index (Phi) is 6.53. The zero-order valence-corrected chi connectivity index (χ0v) is 15.2. The summed E-state index contributed by atoms with van der Waals surface area (Å²) in [5.74, 6) is 1.56. The van der Waals surface area contributed by atoms with Crippen LogP contribution < -0.4 is 10.5 Å². The van der Waals surface area contributed by atoms with Crippen LogP contribution in [0.25, 0.3) is 0 Å². The highest BCUT2D eigenvalue weighted by molar-refractivity contribution is 5.78. The number of nitrogens with zero attached hydrogens (tertiary/aromatic N) is 3. The molecule has 0 radical (unpaired) electrons. The van der Waals surface area contributed by atoms with Crippen molar-refractivity contribution in [1.29, 1.82) is 0 Å². The molecule has 1 aromatic carbocycles. The van der Waals surface area contributed by atoms with Gasteiger partial charge in [0.1, 0.15) is 5.75 Å². The van der Waals surface area contributed by atoms with Gasteiger partial charge in [-0.3, -0.25) is 9.89 Å². The van der Waals surface area contributed by atoms with Crippen molar-refractivity contribution in [3.05, 3.63) is 29.8 Å². The minimum Gasteiger partial charge on any atom is -0.497 e. The molecule has 2 N–H and O–H groups in total. The van der Waals surface area contributed by atoms with Crippen LogP contribution in [-0.2, 0) is 4.74 Å². The number of rotatable bonds is 5. The normalized spacial score (nSPS) is 21.2. The van der Waals surface area contributed by atoms with Gasteiger partial charge >= 0.3 is 0 Å². The SMILES string of the molecule is COc1ccc(C(CN=C(N)N2CCCCC2)N2CCOCC2)cc1. The fourth-order valence-electron chi connectivity index (χ4n) is 3.55. The third-order valence-corrected chi connectivity index (χ3v) is 5.09. The van der Waals surface area contributed by atoms with Crippen LogP contribution in [0.1, 0.15) is 30.9 Å². The number of guanidine groups is 1. The molecule has 2 saturated heterocycles. The summed E-state index contributed by atoms with van der Waals surface area (Å²) < 4.78 is 10.8. The van der Waals surface area contributed by atoms with Gasteiger partial charge in [0.15, 0.2) is 5.96 Å². The van der Waals surface area contributed by atoms with Crippen molar-refractivity contribution in [3.63, 3.8) is 0 Å². The number of methoxy groups -OCH3 is 1. The molecule has 6 nitrogen and oxygen atoms in total. The van der Waals surface area contributed by atoms with Gasteiger partial charge in [-0.1, -0.05) is 12.1 Å². The monoisotopic (exact) mass is 346 g/mol. The summed E-state index contributed by atoms with van der Waals surface area (Å²) in [6.07, 6.45) is 3.72. The molecule has 1 aromatic rings. The highest BCUT2D eigenvalue weighted by atomic mass is 16.5. The molecule has 138 valence electrons. The van der Waals surface area contributed by atoms with Crippen molar-refractivity contribution >= 4 is 5.96 Å². The Hall–Kier alpha value is -1.79. The Bertz CT molecular complexity index is 549. The van der Waals surface area contributed by atoms with Gasteiger partial charge in [0.25, 0.3) is 0 Å². The van der Waals surface area contributed by atoms with Gasteiger partial charge in [-0.15, -0.1) is 0 Å². The van der Waals surface area contributed by atoms with Gasteiger partial charge in [-0.2, -0.15) is 0 Å². The first-order valence-corrected chi connectivity index (χ1v) is 9.28. The van der Waals surface area contributed by atoms with Crippen molar-refractivity contribution < 1.29 is 9.47 Å². The highest BCUT2D eigenvalue weighted by Crippen LogP contribution is 2.24. The van der Waals surface area contributed by atoms with E-state index >= 15 is 0 Å². The molecule has 3 rings (SSSR count). The number of ether oxygens (including phenoxy) is 2. The lowest BCUT2D eigenvalue weighted by molar-refractivity contribution is 0.0179. The molecule has 6 heteroatoms. The van der Waals surface area contributed by atoms with Crippen LogP contribution in [0.2, 0.25) is 0 Å². The first-order valence-electron chi connectivity index (χ1n) is 9.28. The fourth-order valence-corrected chi connectivity index (χ4v) is 3.55. The van der Waals surface area contributed by atoms with Gasteiger partial charge < -0.3 is 20.1 Å². The first-order chi connectivity index (χ1) is 12.3. The molecular formula is C19H30N4O2. The third kappa shape index (κ3) is 4.86. The Morgan fingerprint density at radius 3 is 2.44 bits per heavy atom. The molecule has 2 aliphatic rings. The number of likely N-dealkylation sites (tertiary alicyclic amines) is 1. The predicted molar refractivity (Wildman–Crippen MR) is 100 cm³/mol. The maximum atomic E-state index is 6.26. The lowest BCUT2D eigenvalue weighted by atomic mass is 10.0. The Labute approximate surface area is 150 Å². The van der Waals surface area contributed by atoms with E-state index in [1.54, 1.807) is 7.11 Å². The molecule has 0 aromatic heterocycles. The van der Waals surface area contributed by atoms with E-state index in [9.17, 15) is 0 Å². The van der Waals surface area contributed by atoms with Gasteiger partial charge in [0.05, 0.1) is 32.9 Å². The zero-order chi connectivity index (χ0) is 17.5. The zero-order valence-electron chi connectivity index (χ0n) is 15.2. The van der Waals surface area contributed by atoms with E-state index in [0.717, 1.165) is 45.1 Å². The Balaban J connectivity index is 1.72. The van der Waals surface area contributed by atoms with Crippen LogP contribution in [0.15, 0.2) is 29.3 Å². The number of nitrogens with two attached hydrogens (primary N) is 1. The topological polar surface area (TPSA) is 63.3 Å². The number of piperidine rings is 1. The van der Waals surface area contributed by atoms with Crippen LogP contribution in [0, 0.1) is 0 Å². The smallest absolute Gasteiger partial charge is 0.191 e. The molecule has 0 saturated carbocycles. The molecule has 1 unspecified atom stereocenters. The minimum atomic E-state index is 0.221. The standard InChI is InChI=1S/C19H30N4O2/c1-24-17-7-5-16(6-8-17)18(22-11-13-25-14-12-22)15-21-19(20)23-9-3-2-4-10-23/h5-8,18H,2-4,9-15H2,1H3,(H2,20,21). The predicted octanol–water partition coefficient (Wildman–Crippen LogP) is 1.87. The van der Waals surface area contributed by atoms with Crippen molar-refractivity contribution in [2.45, 2.75) is 25.3 Å². The quantitative estimate of drug-likeness (QED) is 0.651. The molecule has 0 aliphatic carbocycles. The maximum absolute atomic E-state index is 6.26. The van der Waals surface area contributed by atoms with E-state index < -0.39 is 0 Å². The third-order valence-electron chi connectivity index (χ3n) is 5.09. The molecule has 0 amide bonds. The van der Waals surface area contributed by atoms with Gasteiger partial charge in [-0.25, -0.2) is 0 Å². The lowest BCUT2D eigenvalue weighted by Crippen LogP contribution is -2.43. The van der Waals surface area contributed by atoms with Gasteiger partial charge in [0.2, 0.25) is 0 Å². The van der Waals surface area contributed by atoms with Gasteiger partial charge in [-0.05, 0) is 37.0 Å². The molecule has 2 heterocycles. The molecule has 0 spiro atoms. The average Bonchev–Trinajstić information content (AvgIpc) is 2.70. The first kappa shape index (κ1) is 18.0. The summed E-state index contributed by atoms with van der Waals surface area (Å²) in [6, 6.07) is 8.51. The van der Waals surface area contributed by atoms with E-state index in [4.69, 9.17) is 20.2 Å². The van der Waals surface area contributed by atoms with Crippen molar-refractivity contribution in [3.8, 4) is 5.75 Å². The largest absolute Gasteiger partial charge is 0.497 e. The number of aliphatic imine (C=N–C) groups is 1. The molecule has 2 aliphatic heterocycles. The maximum Gasteiger partial charge on any atom is 0.191 e. The molecular weight excluding hydrogens is 316 g/mol. The van der Waals surface area contributed by atoms with E-state index in [0.29, 0.717) is 12.5 Å². The van der Waals surface area contributed by atoms with Crippen LogP contribution in [0.5, 0.6) is 5.75 Å². The average molecular weight is 346 g/mol. The van der Waals surface area contributed by atoms with E-state index in [2.05, 4.69) is 21.9 Å². The summed E-state index contributed by atoms with van der Waals surface area (Å²) in [5.41, 5.74) is 7.51. The van der Waals surface area contributed by atoms with Crippen LogP contribution in [0.4, 0.5) is 0 Å². The van der Waals surface area contributed by atoms with Crippen molar-refractivity contribution in [2.75, 3.05) is 53.0 Å². The van der Waals surface area contributed by atoms with E-state index in [1.807, 2.05) is 12.1 Å². The summed E-state index contributed by atoms with van der Waals surface area (Å²) in [7, 11) is 1.69. The molecule has 2 fully saturated rings. The number of benzene rings is 1. The summed E-state index contributed by atoms with van der Waals surface area (Å²) >= 11 is 0. The van der Waals surface area contributed by atoms with Crippen LogP contribution in [-0.4, -0.2) is 68.8 Å². The van der Waals surface area contributed by atoms with E-state index in [-0.39, 0.29) is 6.04 Å². The summed E-state index contributed by atoms with van der Waals surface area (Å²) in [5, 5.41) is 0. The lowest BCUT2D eigenvalue weighted by Gasteiger charge is -2.34. The fraction of sp³-hybridized carbons (Fsp3) is 0.632. The number of hydrogen-bond acceptors (Lipinski definition) is 4. The second-order valence-corrected chi connectivity index (χ2v) is 6.68. The van der Waals surface area contributed by atoms with Gasteiger partial charge in [0, 0.05) is 26.2 Å². The van der Waals surface area contributed by atoms with Crippen LogP contribution in [0.3, 0.4) is 0 Å².